The van der Waals surface area contributed by atoms with Gasteiger partial charge in [0.15, 0.2) is 0 Å². The number of benzene rings is 2. The summed E-state index contributed by atoms with van der Waals surface area (Å²) in [5.41, 5.74) is 2.52. The van der Waals surface area contributed by atoms with E-state index in [9.17, 15) is 4.79 Å². The van der Waals surface area contributed by atoms with Crippen LogP contribution in [0.5, 0.6) is 0 Å². The third-order valence-electron chi connectivity index (χ3n) is 3.16. The summed E-state index contributed by atoms with van der Waals surface area (Å²) in [7, 11) is 4.10. The van der Waals surface area contributed by atoms with Crippen molar-refractivity contribution >= 4 is 23.6 Å². The molecule has 5 heteroatoms. The zero-order valence-electron chi connectivity index (χ0n) is 13.5. The Labute approximate surface area is 142 Å². The van der Waals surface area contributed by atoms with Crippen molar-refractivity contribution in [3.63, 3.8) is 0 Å². The minimum absolute atomic E-state index is 0.292. The topological polar surface area (TPSA) is 41.6 Å². The molecule has 0 saturated carbocycles. The molecule has 0 saturated heterocycles. The minimum Gasteiger partial charge on any atom is -0.457 e. The predicted octanol–water partition coefficient (Wildman–Crippen LogP) is 3.67. The molecule has 2 aromatic rings. The maximum absolute atomic E-state index is 12.0. The van der Waals surface area contributed by atoms with Gasteiger partial charge in [-0.2, -0.15) is 0 Å². The Morgan fingerprint density at radius 3 is 2.43 bits per heavy atom. The zero-order valence-corrected chi connectivity index (χ0v) is 14.3. The second-order valence-electron chi connectivity index (χ2n) is 5.39. The smallest absolute Gasteiger partial charge is 0.338 e. The molecular weight excluding hydrogens is 308 g/mol. The van der Waals surface area contributed by atoms with E-state index in [1.807, 2.05) is 42.5 Å². The van der Waals surface area contributed by atoms with Crippen LogP contribution in [0, 0.1) is 0 Å². The van der Waals surface area contributed by atoms with Crippen molar-refractivity contribution in [3.05, 3.63) is 65.7 Å². The highest BCUT2D eigenvalue weighted by atomic mass is 32.2. The van der Waals surface area contributed by atoms with Gasteiger partial charge < -0.3 is 14.4 Å². The van der Waals surface area contributed by atoms with Gasteiger partial charge in [0.2, 0.25) is 0 Å². The predicted molar refractivity (Wildman–Crippen MR) is 96.6 cm³/mol. The van der Waals surface area contributed by atoms with Gasteiger partial charge in [0.05, 0.1) is 5.56 Å². The molecule has 2 aromatic carbocycles. The van der Waals surface area contributed by atoms with Crippen LogP contribution in [0.1, 0.15) is 15.9 Å². The first-order valence-electron chi connectivity index (χ1n) is 7.49. The first-order valence-corrected chi connectivity index (χ1v) is 8.47. The van der Waals surface area contributed by atoms with E-state index in [2.05, 4.69) is 23.7 Å². The Morgan fingerprint density at radius 1 is 1.09 bits per heavy atom. The van der Waals surface area contributed by atoms with Gasteiger partial charge in [-0.25, -0.2) is 4.79 Å². The second kappa shape index (κ2) is 9.22. The van der Waals surface area contributed by atoms with Crippen LogP contribution in [0.2, 0.25) is 0 Å². The lowest BCUT2D eigenvalue weighted by atomic mass is 10.2. The van der Waals surface area contributed by atoms with Gasteiger partial charge in [-0.3, -0.25) is 0 Å². The number of hydrogen-bond donors (Lipinski definition) is 1. The zero-order chi connectivity index (χ0) is 16.5. The van der Waals surface area contributed by atoms with Gasteiger partial charge in [0.1, 0.15) is 6.61 Å². The van der Waals surface area contributed by atoms with Crippen LogP contribution in [0.15, 0.2) is 54.6 Å². The van der Waals surface area contributed by atoms with Gasteiger partial charge in [-0.05, 0) is 43.9 Å². The van der Waals surface area contributed by atoms with Crippen molar-refractivity contribution < 1.29 is 9.53 Å². The Balaban J connectivity index is 1.78. The molecule has 122 valence electrons. The number of nitrogens with one attached hydrogen (secondary N) is 1. The molecule has 0 heterocycles. The van der Waals surface area contributed by atoms with E-state index < -0.39 is 0 Å². The van der Waals surface area contributed by atoms with Gasteiger partial charge in [-0.15, -0.1) is 0 Å². The SMILES string of the molecule is CN(C)CCSNc1ccc(C(=O)OCc2ccccc2)cc1. The van der Waals surface area contributed by atoms with Crippen molar-refractivity contribution in [2.45, 2.75) is 6.61 Å². The van der Waals surface area contributed by atoms with Crippen molar-refractivity contribution in [1.82, 2.24) is 4.90 Å². The Kier molecular flexibility index (Phi) is 6.97. The molecule has 23 heavy (non-hydrogen) atoms. The molecule has 0 spiro atoms. The fourth-order valence-corrected chi connectivity index (χ4v) is 2.70. The molecule has 4 nitrogen and oxygen atoms in total. The molecule has 0 bridgehead atoms. The number of carbonyl (C=O) groups excluding carboxylic acids is 1. The molecule has 0 atom stereocenters. The van der Waals surface area contributed by atoms with Crippen molar-refractivity contribution in [3.8, 4) is 0 Å². The lowest BCUT2D eigenvalue weighted by molar-refractivity contribution is 0.0473. The van der Waals surface area contributed by atoms with Crippen molar-refractivity contribution in [2.24, 2.45) is 0 Å². The highest BCUT2D eigenvalue weighted by molar-refractivity contribution is 8.00. The van der Waals surface area contributed by atoms with E-state index in [1.54, 1.807) is 24.1 Å². The quantitative estimate of drug-likeness (QED) is 0.454. The molecule has 0 amide bonds. The number of anilines is 1. The summed E-state index contributed by atoms with van der Waals surface area (Å²) in [4.78, 5) is 14.2. The molecule has 0 fully saturated rings. The van der Waals surface area contributed by atoms with Gasteiger partial charge in [0, 0.05) is 18.0 Å². The van der Waals surface area contributed by atoms with Crippen molar-refractivity contribution in [1.29, 1.82) is 0 Å². The highest BCUT2D eigenvalue weighted by Crippen LogP contribution is 2.15. The molecular formula is C18H22N2O2S. The number of hydrogen-bond acceptors (Lipinski definition) is 5. The van der Waals surface area contributed by atoms with Crippen LogP contribution in [-0.4, -0.2) is 37.3 Å². The summed E-state index contributed by atoms with van der Waals surface area (Å²) in [6, 6.07) is 17.0. The summed E-state index contributed by atoms with van der Waals surface area (Å²) in [5.74, 6) is 0.689. The standard InChI is InChI=1S/C18H22N2O2S/c1-20(2)12-13-23-19-17-10-8-16(9-11-17)18(21)22-14-15-6-4-3-5-7-15/h3-11,19H,12-14H2,1-2H3. The number of rotatable bonds is 8. The molecule has 1 N–H and O–H groups in total. The molecule has 0 aliphatic rings. The highest BCUT2D eigenvalue weighted by Gasteiger charge is 2.07. The monoisotopic (exact) mass is 330 g/mol. The molecule has 0 aliphatic heterocycles. The Bertz CT molecular complexity index is 600. The molecule has 0 aliphatic carbocycles. The minimum atomic E-state index is -0.305. The number of esters is 1. The van der Waals surface area contributed by atoms with E-state index in [0.29, 0.717) is 12.2 Å². The maximum atomic E-state index is 12.0. The summed E-state index contributed by atoms with van der Waals surface area (Å²) in [5, 5.41) is 0. The van der Waals surface area contributed by atoms with Crippen LogP contribution < -0.4 is 4.72 Å². The van der Waals surface area contributed by atoms with E-state index in [-0.39, 0.29) is 5.97 Å². The van der Waals surface area contributed by atoms with Crippen LogP contribution in [0.4, 0.5) is 5.69 Å². The average Bonchev–Trinajstić information content (AvgIpc) is 2.58. The Hall–Kier alpha value is -1.98. The molecule has 0 aromatic heterocycles. The maximum Gasteiger partial charge on any atom is 0.338 e. The molecule has 0 radical (unpaired) electrons. The number of nitrogens with zero attached hydrogens (tertiary/aromatic N) is 1. The normalized spacial score (nSPS) is 10.6. The molecule has 0 unspecified atom stereocenters. The summed E-state index contributed by atoms with van der Waals surface area (Å²) < 4.78 is 8.57. The van der Waals surface area contributed by atoms with Gasteiger partial charge in [0.25, 0.3) is 0 Å². The van der Waals surface area contributed by atoms with Gasteiger partial charge in [-0.1, -0.05) is 42.3 Å². The third-order valence-corrected chi connectivity index (χ3v) is 3.93. The number of ether oxygens (including phenoxy) is 1. The van der Waals surface area contributed by atoms with E-state index in [4.69, 9.17) is 4.74 Å². The summed E-state index contributed by atoms with van der Waals surface area (Å²) in [6.45, 7) is 1.31. The fraction of sp³-hybridized carbons (Fsp3) is 0.278. The number of carbonyl (C=O) groups is 1. The van der Waals surface area contributed by atoms with E-state index in [1.165, 1.54) is 0 Å². The lowest BCUT2D eigenvalue weighted by Gasteiger charge is -2.10. The van der Waals surface area contributed by atoms with Crippen LogP contribution in [0.3, 0.4) is 0 Å². The van der Waals surface area contributed by atoms with Crippen LogP contribution >= 0.6 is 11.9 Å². The van der Waals surface area contributed by atoms with E-state index >= 15 is 0 Å². The Morgan fingerprint density at radius 2 is 1.78 bits per heavy atom. The molecule has 2 rings (SSSR count). The van der Waals surface area contributed by atoms with Crippen LogP contribution in [-0.2, 0) is 11.3 Å². The lowest BCUT2D eigenvalue weighted by Crippen LogP contribution is -2.15. The second-order valence-corrected chi connectivity index (χ2v) is 6.29. The summed E-state index contributed by atoms with van der Waals surface area (Å²) >= 11 is 1.65. The van der Waals surface area contributed by atoms with E-state index in [0.717, 1.165) is 23.5 Å². The third kappa shape index (κ3) is 6.34. The first kappa shape index (κ1) is 17.4. The largest absolute Gasteiger partial charge is 0.457 e. The fourth-order valence-electron chi connectivity index (χ4n) is 1.84. The average molecular weight is 330 g/mol. The van der Waals surface area contributed by atoms with Crippen LogP contribution in [0.25, 0.3) is 0 Å². The summed E-state index contributed by atoms with van der Waals surface area (Å²) in [6.07, 6.45) is 0. The first-order chi connectivity index (χ1) is 11.1. The van der Waals surface area contributed by atoms with Crippen molar-refractivity contribution in [2.75, 3.05) is 31.1 Å². The van der Waals surface area contributed by atoms with Gasteiger partial charge >= 0.3 is 5.97 Å².